The lowest BCUT2D eigenvalue weighted by Gasteiger charge is -2.33. The zero-order chi connectivity index (χ0) is 14.0. The normalized spacial score (nSPS) is 42.0. The fourth-order valence-corrected chi connectivity index (χ4v) is 6.28. The summed E-state index contributed by atoms with van der Waals surface area (Å²) in [5.41, 5.74) is -0.272. The second-order valence-electron chi connectivity index (χ2n) is 6.32. The fourth-order valence-electron chi connectivity index (χ4n) is 4.28. The summed E-state index contributed by atoms with van der Waals surface area (Å²) >= 11 is 0. The molecule has 0 spiro atoms. The highest BCUT2D eigenvalue weighted by Crippen LogP contribution is 2.57. The van der Waals surface area contributed by atoms with Crippen LogP contribution in [0.2, 0.25) is 0 Å². The van der Waals surface area contributed by atoms with E-state index in [-0.39, 0.29) is 23.5 Å². The van der Waals surface area contributed by atoms with E-state index in [1.807, 2.05) is 12.1 Å². The molecule has 0 amide bonds. The van der Waals surface area contributed by atoms with Crippen LogP contribution >= 0.6 is 0 Å². The van der Waals surface area contributed by atoms with Crippen LogP contribution in [0.5, 0.6) is 0 Å². The van der Waals surface area contributed by atoms with Gasteiger partial charge in [-0.25, -0.2) is 8.42 Å². The number of benzene rings is 1. The summed E-state index contributed by atoms with van der Waals surface area (Å²) in [4.78, 5) is 0.418. The maximum Gasteiger partial charge on any atom is 0.185 e. The van der Waals surface area contributed by atoms with Crippen molar-refractivity contribution in [2.45, 2.75) is 41.6 Å². The van der Waals surface area contributed by atoms with Crippen molar-refractivity contribution in [2.75, 3.05) is 0 Å². The number of ether oxygens (including phenoxy) is 1. The number of fused-ring (bicyclic) bond motifs is 5. The summed E-state index contributed by atoms with van der Waals surface area (Å²) in [7, 11) is -3.32. The van der Waals surface area contributed by atoms with Crippen molar-refractivity contribution in [3.8, 4) is 0 Å². The molecule has 0 saturated carbocycles. The summed E-state index contributed by atoms with van der Waals surface area (Å²) in [6.45, 7) is 2.08. The van der Waals surface area contributed by atoms with Gasteiger partial charge in [-0.1, -0.05) is 30.4 Å². The van der Waals surface area contributed by atoms with Crippen molar-refractivity contribution >= 4 is 9.84 Å². The van der Waals surface area contributed by atoms with E-state index < -0.39 is 15.1 Å². The molecule has 2 heterocycles. The first kappa shape index (κ1) is 12.6. The van der Waals surface area contributed by atoms with Crippen LogP contribution in [0.25, 0.3) is 0 Å². The monoisotopic (exact) mass is 290 g/mol. The third-order valence-electron chi connectivity index (χ3n) is 5.20. The number of sulfone groups is 1. The predicted octanol–water partition coefficient (Wildman–Crippen LogP) is 2.58. The molecular weight excluding hydrogens is 272 g/mol. The Labute approximate surface area is 119 Å². The average Bonchev–Trinajstić information content (AvgIpc) is 3.09. The average molecular weight is 290 g/mol. The van der Waals surface area contributed by atoms with Gasteiger partial charge in [-0.2, -0.15) is 0 Å². The van der Waals surface area contributed by atoms with Crippen LogP contribution in [-0.4, -0.2) is 25.4 Å². The Morgan fingerprint density at radius 3 is 2.70 bits per heavy atom. The van der Waals surface area contributed by atoms with Crippen molar-refractivity contribution in [1.29, 1.82) is 0 Å². The summed E-state index contributed by atoms with van der Waals surface area (Å²) in [5, 5.41) is -0.440. The van der Waals surface area contributed by atoms with Gasteiger partial charge in [-0.3, -0.25) is 0 Å². The highest BCUT2D eigenvalue weighted by atomic mass is 32.2. The lowest BCUT2D eigenvalue weighted by Crippen LogP contribution is -2.42. The third-order valence-corrected chi connectivity index (χ3v) is 7.30. The Balaban J connectivity index is 1.76. The highest BCUT2D eigenvalue weighted by Gasteiger charge is 2.61. The smallest absolute Gasteiger partial charge is 0.185 e. The van der Waals surface area contributed by atoms with Crippen LogP contribution in [0.3, 0.4) is 0 Å². The van der Waals surface area contributed by atoms with Crippen LogP contribution in [0.4, 0.5) is 0 Å². The van der Waals surface area contributed by atoms with E-state index in [0.717, 1.165) is 12.8 Å². The van der Waals surface area contributed by atoms with E-state index in [9.17, 15) is 8.42 Å². The molecule has 2 fully saturated rings. The zero-order valence-corrected chi connectivity index (χ0v) is 12.2. The molecule has 1 aromatic carbocycles. The van der Waals surface area contributed by atoms with E-state index >= 15 is 0 Å². The van der Waals surface area contributed by atoms with Gasteiger partial charge < -0.3 is 4.74 Å². The first-order chi connectivity index (χ1) is 9.52. The number of hydrogen-bond donors (Lipinski definition) is 0. The Kier molecular flexibility index (Phi) is 2.49. The number of hydrogen-bond acceptors (Lipinski definition) is 3. The molecule has 1 aromatic rings. The van der Waals surface area contributed by atoms with Crippen molar-refractivity contribution < 1.29 is 13.2 Å². The maximum absolute atomic E-state index is 12.9. The molecule has 0 radical (unpaired) electrons. The topological polar surface area (TPSA) is 43.4 Å². The minimum atomic E-state index is -3.32. The van der Waals surface area contributed by atoms with Crippen LogP contribution in [-0.2, 0) is 14.6 Å². The zero-order valence-electron chi connectivity index (χ0n) is 11.4. The van der Waals surface area contributed by atoms with Crippen LogP contribution in [0.15, 0.2) is 47.4 Å². The maximum atomic E-state index is 12.9. The first-order valence-electron chi connectivity index (χ1n) is 7.17. The minimum absolute atomic E-state index is 0.0754. The quantitative estimate of drug-likeness (QED) is 0.786. The van der Waals surface area contributed by atoms with Crippen LogP contribution < -0.4 is 0 Å². The molecule has 20 heavy (non-hydrogen) atoms. The first-order valence-corrected chi connectivity index (χ1v) is 8.72. The van der Waals surface area contributed by atoms with Gasteiger partial charge in [-0.15, -0.1) is 0 Å². The van der Waals surface area contributed by atoms with Gasteiger partial charge in [0.25, 0.3) is 0 Å². The molecule has 5 atom stereocenters. The fraction of sp³-hybridized carbons (Fsp3) is 0.500. The lowest BCUT2D eigenvalue weighted by atomic mass is 9.74. The van der Waals surface area contributed by atoms with Gasteiger partial charge in [0.1, 0.15) is 0 Å². The molecule has 3 nitrogen and oxygen atoms in total. The Morgan fingerprint density at radius 2 is 1.95 bits per heavy atom. The van der Waals surface area contributed by atoms with Crippen molar-refractivity contribution in [1.82, 2.24) is 0 Å². The second kappa shape index (κ2) is 3.95. The molecule has 0 unspecified atom stereocenters. The summed E-state index contributed by atoms with van der Waals surface area (Å²) in [5.74, 6) is 0.351. The Morgan fingerprint density at radius 1 is 1.20 bits per heavy atom. The summed E-state index contributed by atoms with van der Waals surface area (Å²) in [6, 6.07) is 8.78. The molecule has 0 aromatic heterocycles. The molecule has 2 saturated heterocycles. The lowest BCUT2D eigenvalue weighted by molar-refractivity contribution is 0.00750. The van der Waals surface area contributed by atoms with E-state index in [1.165, 1.54) is 0 Å². The molecular formula is C16H18O3S. The van der Waals surface area contributed by atoms with E-state index in [0.29, 0.717) is 4.90 Å². The molecule has 2 bridgehead atoms. The van der Waals surface area contributed by atoms with E-state index in [2.05, 4.69) is 13.0 Å². The molecule has 1 aliphatic carbocycles. The summed E-state index contributed by atoms with van der Waals surface area (Å²) < 4.78 is 31.8. The van der Waals surface area contributed by atoms with Gasteiger partial charge in [0, 0.05) is 11.8 Å². The highest BCUT2D eigenvalue weighted by molar-refractivity contribution is 7.92. The Hall–Kier alpha value is -1.13. The molecule has 4 heteroatoms. The number of rotatable bonds is 2. The van der Waals surface area contributed by atoms with Gasteiger partial charge >= 0.3 is 0 Å². The van der Waals surface area contributed by atoms with Crippen LogP contribution in [0, 0.1) is 11.8 Å². The Bertz CT molecular complexity index is 664. The molecule has 106 valence electrons. The second-order valence-corrected chi connectivity index (χ2v) is 8.42. The van der Waals surface area contributed by atoms with Gasteiger partial charge in [0.15, 0.2) is 9.84 Å². The molecule has 0 N–H and O–H groups in total. The molecule has 2 aliphatic heterocycles. The SMILES string of the molecule is C[C@]12CC[C@H](O1)[C@H]1C=C[C@H](S(=O)(=O)c3ccccc3)[C@H]12. The minimum Gasteiger partial charge on any atom is -0.371 e. The standard InChI is InChI=1S/C16H18O3S/c1-16-10-9-13(19-16)12-7-8-14(15(12)16)20(17,18)11-5-3-2-4-6-11/h2-8,12-15H,9-10H2,1H3/t12-,13+,14+,15+,16-/m1/s1. The van der Waals surface area contributed by atoms with Crippen LogP contribution in [0.1, 0.15) is 19.8 Å². The predicted molar refractivity (Wildman–Crippen MR) is 76.0 cm³/mol. The van der Waals surface area contributed by atoms with Crippen molar-refractivity contribution in [3.63, 3.8) is 0 Å². The molecule has 4 rings (SSSR count). The van der Waals surface area contributed by atoms with E-state index in [1.54, 1.807) is 24.3 Å². The van der Waals surface area contributed by atoms with Gasteiger partial charge in [0.05, 0.1) is 21.9 Å². The van der Waals surface area contributed by atoms with Crippen molar-refractivity contribution in [2.24, 2.45) is 11.8 Å². The van der Waals surface area contributed by atoms with Gasteiger partial charge in [-0.05, 0) is 31.9 Å². The molecule has 3 aliphatic rings. The third kappa shape index (κ3) is 1.52. The largest absolute Gasteiger partial charge is 0.371 e. The van der Waals surface area contributed by atoms with Crippen molar-refractivity contribution in [3.05, 3.63) is 42.5 Å². The van der Waals surface area contributed by atoms with Gasteiger partial charge in [0.2, 0.25) is 0 Å². The van der Waals surface area contributed by atoms with E-state index in [4.69, 9.17) is 4.74 Å². The summed E-state index contributed by atoms with van der Waals surface area (Å²) in [6.07, 6.45) is 6.22.